The highest BCUT2D eigenvalue weighted by Gasteiger charge is 2.16. The SMILES string of the molecule is CCn1ncc(C)c1-c1cccc(C(=O)NC[C@@H](N)C(=O)OC)c1. The predicted molar refractivity (Wildman–Crippen MR) is 90.4 cm³/mol. The molecule has 3 N–H and O–H groups in total. The molecule has 7 heteroatoms. The minimum absolute atomic E-state index is 0.0155. The number of methoxy groups -OCH3 is 1. The largest absolute Gasteiger partial charge is 0.468 e. The molecule has 0 aliphatic carbocycles. The summed E-state index contributed by atoms with van der Waals surface area (Å²) in [6.07, 6.45) is 1.81. The smallest absolute Gasteiger partial charge is 0.324 e. The van der Waals surface area contributed by atoms with Crippen LogP contribution in [-0.2, 0) is 16.1 Å². The van der Waals surface area contributed by atoms with E-state index in [9.17, 15) is 9.59 Å². The van der Waals surface area contributed by atoms with E-state index in [1.165, 1.54) is 7.11 Å². The quantitative estimate of drug-likeness (QED) is 0.773. The molecule has 0 spiro atoms. The minimum atomic E-state index is -0.883. The van der Waals surface area contributed by atoms with E-state index >= 15 is 0 Å². The molecule has 1 atom stereocenters. The van der Waals surface area contributed by atoms with Crippen molar-refractivity contribution >= 4 is 11.9 Å². The van der Waals surface area contributed by atoms with E-state index in [0.717, 1.165) is 23.4 Å². The van der Waals surface area contributed by atoms with Crippen LogP contribution in [0, 0.1) is 6.92 Å². The van der Waals surface area contributed by atoms with Gasteiger partial charge in [-0.15, -0.1) is 0 Å². The van der Waals surface area contributed by atoms with Crippen LogP contribution in [-0.4, -0.2) is 41.4 Å². The van der Waals surface area contributed by atoms with E-state index in [2.05, 4.69) is 15.2 Å². The van der Waals surface area contributed by atoms with Gasteiger partial charge in [-0.05, 0) is 31.5 Å². The van der Waals surface area contributed by atoms with E-state index in [0.29, 0.717) is 5.56 Å². The molecule has 0 saturated heterocycles. The number of amides is 1. The summed E-state index contributed by atoms with van der Waals surface area (Å²) in [6.45, 7) is 4.76. The summed E-state index contributed by atoms with van der Waals surface area (Å²) >= 11 is 0. The first-order chi connectivity index (χ1) is 11.5. The molecule has 0 radical (unpaired) electrons. The van der Waals surface area contributed by atoms with Gasteiger partial charge in [0, 0.05) is 24.2 Å². The minimum Gasteiger partial charge on any atom is -0.468 e. The number of nitrogens with zero attached hydrogens (tertiary/aromatic N) is 2. The van der Waals surface area contributed by atoms with E-state index in [-0.39, 0.29) is 12.5 Å². The lowest BCUT2D eigenvalue weighted by Gasteiger charge is -2.12. The Hall–Kier alpha value is -2.67. The van der Waals surface area contributed by atoms with Crippen molar-refractivity contribution < 1.29 is 14.3 Å². The summed E-state index contributed by atoms with van der Waals surface area (Å²) < 4.78 is 6.42. The molecule has 0 unspecified atom stereocenters. The third-order valence-corrected chi connectivity index (χ3v) is 3.71. The van der Waals surface area contributed by atoms with Gasteiger partial charge in [-0.2, -0.15) is 5.10 Å². The van der Waals surface area contributed by atoms with Gasteiger partial charge in [0.05, 0.1) is 19.0 Å². The first-order valence-corrected chi connectivity index (χ1v) is 7.72. The highest BCUT2D eigenvalue weighted by atomic mass is 16.5. The number of ether oxygens (including phenoxy) is 1. The number of carbonyl (C=O) groups is 2. The highest BCUT2D eigenvalue weighted by Crippen LogP contribution is 2.24. The standard InChI is InChI=1S/C17H22N4O3/c1-4-21-15(11(2)9-20-21)12-6-5-7-13(8-12)16(22)19-10-14(18)17(23)24-3/h5-9,14H,4,10,18H2,1-3H3,(H,19,22)/t14-/m1/s1. The zero-order valence-corrected chi connectivity index (χ0v) is 14.1. The average molecular weight is 330 g/mol. The Balaban J connectivity index is 2.17. The second-order valence-corrected chi connectivity index (χ2v) is 5.41. The Morgan fingerprint density at radius 3 is 2.83 bits per heavy atom. The maximum Gasteiger partial charge on any atom is 0.324 e. The second kappa shape index (κ2) is 7.74. The van der Waals surface area contributed by atoms with Crippen molar-refractivity contribution in [2.75, 3.05) is 13.7 Å². The fourth-order valence-corrected chi connectivity index (χ4v) is 2.44. The molecule has 0 aliphatic rings. The molecule has 2 aromatic rings. The zero-order chi connectivity index (χ0) is 17.7. The molecule has 1 heterocycles. The molecular formula is C17H22N4O3. The summed E-state index contributed by atoms with van der Waals surface area (Å²) in [4.78, 5) is 23.6. The maximum atomic E-state index is 12.3. The van der Waals surface area contributed by atoms with Crippen LogP contribution in [0.1, 0.15) is 22.8 Å². The summed E-state index contributed by atoms with van der Waals surface area (Å²) in [5.74, 6) is -0.858. The van der Waals surface area contributed by atoms with E-state index in [1.807, 2.05) is 30.7 Å². The number of nitrogens with one attached hydrogen (secondary N) is 1. The Kier molecular flexibility index (Phi) is 5.70. The molecule has 24 heavy (non-hydrogen) atoms. The Bertz CT molecular complexity index is 739. The highest BCUT2D eigenvalue weighted by molar-refractivity contribution is 5.95. The summed E-state index contributed by atoms with van der Waals surface area (Å²) in [7, 11) is 1.26. The monoisotopic (exact) mass is 330 g/mol. The Morgan fingerprint density at radius 1 is 1.42 bits per heavy atom. The Morgan fingerprint density at radius 2 is 2.17 bits per heavy atom. The summed E-state index contributed by atoms with van der Waals surface area (Å²) in [5.41, 5.74) is 9.05. The Labute approximate surface area is 140 Å². The third kappa shape index (κ3) is 3.80. The molecule has 128 valence electrons. The van der Waals surface area contributed by atoms with Gasteiger partial charge in [-0.25, -0.2) is 0 Å². The molecule has 2 rings (SSSR count). The predicted octanol–water partition coefficient (Wildman–Crippen LogP) is 1.11. The summed E-state index contributed by atoms with van der Waals surface area (Å²) in [5, 5.41) is 6.96. The molecule has 0 saturated carbocycles. The number of aryl methyl sites for hydroxylation is 2. The van der Waals surface area contributed by atoms with Crippen LogP contribution in [0.25, 0.3) is 11.3 Å². The number of aromatic nitrogens is 2. The molecule has 0 fully saturated rings. The number of esters is 1. The van der Waals surface area contributed by atoms with E-state index in [4.69, 9.17) is 5.73 Å². The van der Waals surface area contributed by atoms with Crippen LogP contribution in [0.5, 0.6) is 0 Å². The van der Waals surface area contributed by atoms with Gasteiger partial charge in [-0.3, -0.25) is 14.3 Å². The average Bonchev–Trinajstić information content (AvgIpc) is 2.99. The van der Waals surface area contributed by atoms with Crippen LogP contribution in [0.15, 0.2) is 30.5 Å². The van der Waals surface area contributed by atoms with Crippen molar-refractivity contribution in [1.82, 2.24) is 15.1 Å². The number of carbonyl (C=O) groups excluding carboxylic acids is 2. The third-order valence-electron chi connectivity index (χ3n) is 3.71. The van der Waals surface area contributed by atoms with Gasteiger partial charge < -0.3 is 15.8 Å². The van der Waals surface area contributed by atoms with Crippen LogP contribution in [0.3, 0.4) is 0 Å². The van der Waals surface area contributed by atoms with Gasteiger partial charge in [0.1, 0.15) is 6.04 Å². The molecular weight excluding hydrogens is 308 g/mol. The second-order valence-electron chi connectivity index (χ2n) is 5.41. The topological polar surface area (TPSA) is 99.2 Å². The first kappa shape index (κ1) is 17.7. The van der Waals surface area contributed by atoms with Gasteiger partial charge in [0.2, 0.25) is 0 Å². The molecule has 1 aromatic carbocycles. The molecule has 1 amide bonds. The fraction of sp³-hybridized carbons (Fsp3) is 0.353. The molecule has 7 nitrogen and oxygen atoms in total. The number of hydrogen-bond donors (Lipinski definition) is 2. The zero-order valence-electron chi connectivity index (χ0n) is 14.1. The summed E-state index contributed by atoms with van der Waals surface area (Å²) in [6, 6.07) is 6.38. The number of rotatable bonds is 6. The van der Waals surface area contributed by atoms with Crippen molar-refractivity contribution in [3.63, 3.8) is 0 Å². The number of benzene rings is 1. The molecule has 1 aromatic heterocycles. The van der Waals surface area contributed by atoms with Crippen LogP contribution in [0.4, 0.5) is 0 Å². The van der Waals surface area contributed by atoms with Crippen molar-refractivity contribution in [3.05, 3.63) is 41.6 Å². The van der Waals surface area contributed by atoms with Crippen molar-refractivity contribution in [1.29, 1.82) is 0 Å². The van der Waals surface area contributed by atoms with Gasteiger partial charge >= 0.3 is 5.97 Å². The first-order valence-electron chi connectivity index (χ1n) is 7.72. The normalized spacial score (nSPS) is 11.8. The lowest BCUT2D eigenvalue weighted by Crippen LogP contribution is -2.43. The van der Waals surface area contributed by atoms with Gasteiger partial charge in [0.25, 0.3) is 5.91 Å². The molecule has 0 aliphatic heterocycles. The van der Waals surface area contributed by atoms with Crippen LogP contribution < -0.4 is 11.1 Å². The maximum absolute atomic E-state index is 12.3. The van der Waals surface area contributed by atoms with Gasteiger partial charge in [0.15, 0.2) is 0 Å². The number of nitrogens with two attached hydrogens (primary N) is 1. The van der Waals surface area contributed by atoms with Crippen LogP contribution in [0.2, 0.25) is 0 Å². The van der Waals surface area contributed by atoms with E-state index in [1.54, 1.807) is 18.3 Å². The lowest BCUT2D eigenvalue weighted by atomic mass is 10.0. The van der Waals surface area contributed by atoms with Gasteiger partial charge in [-0.1, -0.05) is 12.1 Å². The van der Waals surface area contributed by atoms with E-state index < -0.39 is 12.0 Å². The number of hydrogen-bond acceptors (Lipinski definition) is 5. The molecule has 0 bridgehead atoms. The van der Waals surface area contributed by atoms with Crippen molar-refractivity contribution in [2.45, 2.75) is 26.4 Å². The fourth-order valence-electron chi connectivity index (χ4n) is 2.44. The lowest BCUT2D eigenvalue weighted by molar-refractivity contribution is -0.141. The van der Waals surface area contributed by atoms with Crippen LogP contribution >= 0.6 is 0 Å². The van der Waals surface area contributed by atoms with Crippen molar-refractivity contribution in [3.8, 4) is 11.3 Å². The van der Waals surface area contributed by atoms with Crippen molar-refractivity contribution in [2.24, 2.45) is 5.73 Å².